The molecule has 0 saturated heterocycles. The van der Waals surface area contributed by atoms with Crippen molar-refractivity contribution in [3.8, 4) is 23.1 Å². The van der Waals surface area contributed by atoms with Crippen molar-refractivity contribution in [2.24, 2.45) is 0 Å². The van der Waals surface area contributed by atoms with Gasteiger partial charge in [-0.25, -0.2) is 9.78 Å². The molecule has 1 aliphatic heterocycles. The maximum absolute atomic E-state index is 11.4. The Hall–Kier alpha value is -1.98. The molecule has 7 heteroatoms. The van der Waals surface area contributed by atoms with Gasteiger partial charge in [0, 0.05) is 24.4 Å². The fraction of sp³-hybridized carbons (Fsp3) is 0.0769. The average molecular weight is 312 g/mol. The smallest absolute Gasteiger partial charge is 0.339 e. The summed E-state index contributed by atoms with van der Waals surface area (Å²) in [5, 5.41) is 0.693. The molecule has 0 bridgehead atoms. The van der Waals surface area contributed by atoms with Gasteiger partial charge in [0.05, 0.1) is 22.7 Å². The van der Waals surface area contributed by atoms with Crippen LogP contribution in [-0.4, -0.2) is 18.1 Å². The van der Waals surface area contributed by atoms with Crippen LogP contribution in [-0.2, 0) is 4.74 Å². The van der Waals surface area contributed by atoms with Gasteiger partial charge >= 0.3 is 5.97 Å². The third-order valence-electron chi connectivity index (χ3n) is 2.65. The molecule has 0 atom stereocenters. The first-order chi connectivity index (χ1) is 9.58. The Morgan fingerprint density at radius 3 is 2.40 bits per heavy atom. The highest BCUT2D eigenvalue weighted by Crippen LogP contribution is 2.47. The zero-order valence-electron chi connectivity index (χ0n) is 10.1. The molecular weight excluding hydrogens is 305 g/mol. The molecule has 0 unspecified atom stereocenters. The number of aromatic nitrogens is 1. The molecular formula is C13H7Cl2NO4. The lowest BCUT2D eigenvalue weighted by molar-refractivity contribution is 0.0599. The molecule has 2 aromatic rings. The number of carbonyl (C=O) groups is 1. The zero-order chi connectivity index (χ0) is 14.3. The minimum atomic E-state index is -0.510. The predicted octanol–water partition coefficient (Wildman–Crippen LogP) is 4.07. The summed E-state index contributed by atoms with van der Waals surface area (Å²) >= 11 is 11.8. The van der Waals surface area contributed by atoms with Crippen molar-refractivity contribution >= 4 is 29.2 Å². The lowest BCUT2D eigenvalue weighted by atomic mass is 10.2. The van der Waals surface area contributed by atoms with Gasteiger partial charge in [-0.2, -0.15) is 0 Å². The number of benzene rings is 1. The summed E-state index contributed by atoms with van der Waals surface area (Å²) in [6, 6.07) is 4.56. The number of ether oxygens (including phenoxy) is 3. The summed E-state index contributed by atoms with van der Waals surface area (Å²) in [4.78, 5) is 15.5. The molecule has 2 heterocycles. The van der Waals surface area contributed by atoms with Crippen LogP contribution in [0.4, 0.5) is 0 Å². The number of hydrogen-bond donors (Lipinski definition) is 0. The first-order valence-corrected chi connectivity index (χ1v) is 6.27. The Labute approximate surface area is 124 Å². The first kappa shape index (κ1) is 13.0. The number of fused-ring (bicyclic) bond motifs is 2. The Morgan fingerprint density at radius 1 is 1.10 bits per heavy atom. The Balaban J connectivity index is 2.02. The topological polar surface area (TPSA) is 57.7 Å². The summed E-state index contributed by atoms with van der Waals surface area (Å²) in [5.74, 6) is 0.840. The standard InChI is InChI=1S/C13H7Cl2NO4/c1-18-13(17)6-2-11-12(16-5-6)20-10-4-8(15)7(14)3-9(10)19-11/h2-5H,1H3. The molecule has 1 aromatic carbocycles. The molecule has 102 valence electrons. The van der Waals surface area contributed by atoms with Crippen LogP contribution in [0.25, 0.3) is 0 Å². The summed E-state index contributed by atoms with van der Waals surface area (Å²) < 4.78 is 15.8. The summed E-state index contributed by atoms with van der Waals surface area (Å²) in [6.07, 6.45) is 1.34. The molecule has 20 heavy (non-hydrogen) atoms. The van der Waals surface area contributed by atoms with Gasteiger partial charge in [-0.1, -0.05) is 23.2 Å². The number of esters is 1. The fourth-order valence-electron chi connectivity index (χ4n) is 1.70. The molecule has 5 nitrogen and oxygen atoms in total. The monoisotopic (exact) mass is 311 g/mol. The van der Waals surface area contributed by atoms with Gasteiger partial charge in [0.1, 0.15) is 0 Å². The van der Waals surface area contributed by atoms with Crippen LogP contribution in [0.1, 0.15) is 10.4 Å². The van der Waals surface area contributed by atoms with Gasteiger partial charge in [0.25, 0.3) is 5.88 Å². The highest BCUT2D eigenvalue weighted by atomic mass is 35.5. The SMILES string of the molecule is COC(=O)c1cnc2c(c1)Oc1cc(Cl)c(Cl)cc1O2. The van der Waals surface area contributed by atoms with Crippen molar-refractivity contribution < 1.29 is 19.0 Å². The van der Waals surface area contributed by atoms with Gasteiger partial charge in [-0.15, -0.1) is 0 Å². The van der Waals surface area contributed by atoms with Crippen LogP contribution in [0.5, 0.6) is 23.1 Å². The maximum Gasteiger partial charge on any atom is 0.339 e. The lowest BCUT2D eigenvalue weighted by Gasteiger charge is -2.20. The molecule has 0 spiro atoms. The quantitative estimate of drug-likeness (QED) is 0.634. The number of nitrogens with zero attached hydrogens (tertiary/aromatic N) is 1. The van der Waals surface area contributed by atoms with Gasteiger partial charge in [0.2, 0.25) is 0 Å². The minimum absolute atomic E-state index is 0.239. The third-order valence-corrected chi connectivity index (χ3v) is 3.37. The second-order valence-corrected chi connectivity index (χ2v) is 4.75. The molecule has 1 aliphatic rings. The number of hydrogen-bond acceptors (Lipinski definition) is 5. The number of halogens is 2. The van der Waals surface area contributed by atoms with Crippen LogP contribution in [0, 0.1) is 0 Å². The van der Waals surface area contributed by atoms with Crippen molar-refractivity contribution in [1.29, 1.82) is 0 Å². The predicted molar refractivity (Wildman–Crippen MR) is 72.2 cm³/mol. The highest BCUT2D eigenvalue weighted by molar-refractivity contribution is 6.42. The van der Waals surface area contributed by atoms with Crippen molar-refractivity contribution in [2.75, 3.05) is 7.11 Å². The Bertz CT molecular complexity index is 718. The van der Waals surface area contributed by atoms with Crippen LogP contribution in [0.3, 0.4) is 0 Å². The molecule has 0 aliphatic carbocycles. The average Bonchev–Trinajstić information content (AvgIpc) is 2.45. The van der Waals surface area contributed by atoms with Crippen molar-refractivity contribution in [3.05, 3.63) is 40.0 Å². The van der Waals surface area contributed by atoms with E-state index in [0.29, 0.717) is 27.3 Å². The van der Waals surface area contributed by atoms with E-state index in [9.17, 15) is 4.79 Å². The molecule has 0 radical (unpaired) electrons. The van der Waals surface area contributed by atoms with E-state index in [-0.39, 0.29) is 11.4 Å². The van der Waals surface area contributed by atoms with Crippen LogP contribution in [0.2, 0.25) is 10.0 Å². The summed E-state index contributed by atoms with van der Waals surface area (Å²) in [7, 11) is 1.29. The normalized spacial score (nSPS) is 11.8. The Kier molecular flexibility index (Phi) is 3.16. The van der Waals surface area contributed by atoms with E-state index < -0.39 is 5.97 Å². The molecule has 0 N–H and O–H groups in total. The molecule has 0 fully saturated rings. The minimum Gasteiger partial charge on any atom is -0.465 e. The van der Waals surface area contributed by atoms with Crippen molar-refractivity contribution in [1.82, 2.24) is 4.98 Å². The van der Waals surface area contributed by atoms with E-state index in [4.69, 9.17) is 32.7 Å². The summed E-state index contributed by atoms with van der Waals surface area (Å²) in [5.41, 5.74) is 0.262. The van der Waals surface area contributed by atoms with E-state index in [2.05, 4.69) is 9.72 Å². The van der Waals surface area contributed by atoms with E-state index in [1.54, 1.807) is 0 Å². The van der Waals surface area contributed by atoms with E-state index in [1.807, 2.05) is 0 Å². The maximum atomic E-state index is 11.4. The van der Waals surface area contributed by atoms with Gasteiger partial charge in [-0.3, -0.25) is 0 Å². The zero-order valence-corrected chi connectivity index (χ0v) is 11.7. The summed E-state index contributed by atoms with van der Waals surface area (Å²) in [6.45, 7) is 0. The molecule has 3 rings (SSSR count). The third kappa shape index (κ3) is 2.15. The first-order valence-electron chi connectivity index (χ1n) is 5.51. The molecule has 0 amide bonds. The van der Waals surface area contributed by atoms with E-state index in [1.165, 1.54) is 31.5 Å². The second kappa shape index (κ2) is 4.85. The number of pyridine rings is 1. The van der Waals surface area contributed by atoms with Crippen molar-refractivity contribution in [3.63, 3.8) is 0 Å². The van der Waals surface area contributed by atoms with Crippen LogP contribution >= 0.6 is 23.2 Å². The highest BCUT2D eigenvalue weighted by Gasteiger charge is 2.23. The lowest BCUT2D eigenvalue weighted by Crippen LogP contribution is -2.06. The van der Waals surface area contributed by atoms with Crippen LogP contribution in [0.15, 0.2) is 24.4 Å². The number of methoxy groups -OCH3 is 1. The van der Waals surface area contributed by atoms with Gasteiger partial charge < -0.3 is 14.2 Å². The molecule has 1 aromatic heterocycles. The number of carbonyl (C=O) groups excluding carboxylic acids is 1. The number of rotatable bonds is 1. The van der Waals surface area contributed by atoms with Crippen molar-refractivity contribution in [2.45, 2.75) is 0 Å². The fourth-order valence-corrected chi connectivity index (χ4v) is 2.01. The van der Waals surface area contributed by atoms with Crippen LogP contribution < -0.4 is 9.47 Å². The van der Waals surface area contributed by atoms with E-state index in [0.717, 1.165) is 0 Å². The molecule has 0 saturated carbocycles. The van der Waals surface area contributed by atoms with E-state index >= 15 is 0 Å². The Morgan fingerprint density at radius 2 is 1.75 bits per heavy atom. The second-order valence-electron chi connectivity index (χ2n) is 3.94. The van der Waals surface area contributed by atoms with Gasteiger partial charge in [0.15, 0.2) is 17.2 Å². The van der Waals surface area contributed by atoms with Gasteiger partial charge in [-0.05, 0) is 0 Å². The largest absolute Gasteiger partial charge is 0.465 e.